The van der Waals surface area contributed by atoms with E-state index in [2.05, 4.69) is 10.5 Å². The Morgan fingerprint density at radius 2 is 2.00 bits per heavy atom. The van der Waals surface area contributed by atoms with Crippen LogP contribution in [0.1, 0.15) is 11.8 Å². The van der Waals surface area contributed by atoms with Crippen molar-refractivity contribution < 1.29 is 14.5 Å². The van der Waals surface area contributed by atoms with E-state index < -0.39 is 16.9 Å². The van der Waals surface area contributed by atoms with Crippen molar-refractivity contribution in [2.45, 2.75) is 13.0 Å². The lowest BCUT2D eigenvalue weighted by molar-refractivity contribution is -0.380. The highest BCUT2D eigenvalue weighted by molar-refractivity contribution is 7.16. The lowest BCUT2D eigenvalue weighted by Crippen LogP contribution is -2.33. The number of nitrogens with zero attached hydrogens (tertiary/aromatic N) is 2. The number of rotatable bonds is 6. The minimum Gasteiger partial charge on any atom is -0.480 e. The minimum absolute atomic E-state index is 0.0189. The Labute approximate surface area is 153 Å². The van der Waals surface area contributed by atoms with E-state index in [1.165, 1.54) is 12.3 Å². The summed E-state index contributed by atoms with van der Waals surface area (Å²) >= 11 is 0.974. The highest BCUT2D eigenvalue weighted by Crippen LogP contribution is 2.26. The average molecular weight is 369 g/mol. The van der Waals surface area contributed by atoms with Crippen molar-refractivity contribution in [3.63, 3.8) is 0 Å². The second kappa shape index (κ2) is 7.75. The zero-order chi connectivity index (χ0) is 18.5. The summed E-state index contributed by atoms with van der Waals surface area (Å²) in [4.78, 5) is 22.9. The number of hydrogen-bond acceptors (Lipinski definition) is 6. The third-order valence-electron chi connectivity index (χ3n) is 3.58. The van der Waals surface area contributed by atoms with E-state index in [-0.39, 0.29) is 5.00 Å². The van der Waals surface area contributed by atoms with Gasteiger partial charge >= 0.3 is 5.00 Å². The van der Waals surface area contributed by atoms with E-state index in [0.29, 0.717) is 10.6 Å². The molecule has 1 N–H and O–H groups in total. The van der Waals surface area contributed by atoms with Gasteiger partial charge in [0.25, 0.3) is 5.91 Å². The normalized spacial score (nSPS) is 12.2. The second-order valence-electron chi connectivity index (χ2n) is 5.40. The van der Waals surface area contributed by atoms with Gasteiger partial charge in [-0.05, 0) is 24.4 Å². The quantitative estimate of drug-likeness (QED) is 0.407. The van der Waals surface area contributed by atoms with Crippen LogP contribution in [-0.4, -0.2) is 23.1 Å². The molecule has 0 aliphatic heterocycles. The molecule has 7 nitrogen and oxygen atoms in total. The number of nitrogens with one attached hydrogen (secondary N) is 1. The first kappa shape index (κ1) is 17.6. The van der Waals surface area contributed by atoms with E-state index in [9.17, 15) is 14.9 Å². The number of benzene rings is 2. The van der Waals surface area contributed by atoms with Crippen molar-refractivity contribution in [3.8, 4) is 5.75 Å². The lowest BCUT2D eigenvalue weighted by atomic mass is 10.1. The summed E-state index contributed by atoms with van der Waals surface area (Å²) in [6.45, 7) is 1.63. The maximum atomic E-state index is 12.1. The molecular weight excluding hydrogens is 354 g/mol. The van der Waals surface area contributed by atoms with Crippen LogP contribution in [0.15, 0.2) is 59.7 Å². The van der Waals surface area contributed by atoms with Gasteiger partial charge in [-0.1, -0.05) is 47.7 Å². The Kier molecular flexibility index (Phi) is 5.23. The van der Waals surface area contributed by atoms with Crippen LogP contribution in [-0.2, 0) is 4.79 Å². The van der Waals surface area contributed by atoms with Gasteiger partial charge in [-0.25, -0.2) is 5.43 Å². The molecule has 2 aromatic carbocycles. The number of fused-ring (bicyclic) bond motifs is 1. The topological polar surface area (TPSA) is 93.8 Å². The molecule has 0 radical (unpaired) electrons. The summed E-state index contributed by atoms with van der Waals surface area (Å²) in [5.41, 5.74) is 2.38. The minimum atomic E-state index is -0.754. The van der Waals surface area contributed by atoms with Gasteiger partial charge in [0.1, 0.15) is 5.75 Å². The van der Waals surface area contributed by atoms with Gasteiger partial charge in [0.2, 0.25) is 0 Å². The van der Waals surface area contributed by atoms with Crippen molar-refractivity contribution in [1.29, 1.82) is 0 Å². The van der Waals surface area contributed by atoms with Crippen molar-refractivity contribution in [3.05, 3.63) is 69.6 Å². The molecule has 0 aliphatic carbocycles. The highest BCUT2D eigenvalue weighted by Gasteiger charge is 2.15. The number of hydrazone groups is 1. The zero-order valence-electron chi connectivity index (χ0n) is 13.8. The number of thiophene rings is 1. The van der Waals surface area contributed by atoms with Crippen molar-refractivity contribution in [1.82, 2.24) is 5.43 Å². The Morgan fingerprint density at radius 1 is 1.23 bits per heavy atom. The highest BCUT2D eigenvalue weighted by atomic mass is 32.1. The van der Waals surface area contributed by atoms with Gasteiger partial charge in [-0.3, -0.25) is 14.9 Å². The summed E-state index contributed by atoms with van der Waals surface area (Å²) in [6.07, 6.45) is 0.607. The molecule has 26 heavy (non-hydrogen) atoms. The first-order chi connectivity index (χ1) is 12.5. The van der Waals surface area contributed by atoms with E-state index in [4.69, 9.17) is 4.74 Å². The standard InChI is InChI=1S/C18H15N3O4S/c1-12(25-16-8-4-6-13-5-2-3-7-15(13)16)18(22)20-19-11-14-9-10-17(26-14)21(23)24/h2-12H,1H3,(H,20,22)/b19-11+. The molecule has 3 aromatic rings. The van der Waals surface area contributed by atoms with Crippen LogP contribution in [0.3, 0.4) is 0 Å². The molecular formula is C18H15N3O4S. The van der Waals surface area contributed by atoms with Crippen LogP contribution in [0.4, 0.5) is 5.00 Å². The molecule has 0 aliphatic rings. The number of hydrogen-bond donors (Lipinski definition) is 1. The van der Waals surface area contributed by atoms with E-state index in [1.807, 2.05) is 36.4 Å². The predicted molar refractivity (Wildman–Crippen MR) is 101 cm³/mol. The second-order valence-corrected chi connectivity index (χ2v) is 6.50. The molecule has 0 saturated carbocycles. The summed E-state index contributed by atoms with van der Waals surface area (Å²) in [5, 5.41) is 16.4. The monoisotopic (exact) mass is 369 g/mol. The molecule has 1 amide bonds. The van der Waals surface area contributed by atoms with Crippen LogP contribution < -0.4 is 10.2 Å². The van der Waals surface area contributed by atoms with E-state index in [1.54, 1.807) is 19.1 Å². The van der Waals surface area contributed by atoms with Crippen molar-refractivity contribution in [2.75, 3.05) is 0 Å². The van der Waals surface area contributed by atoms with Crippen molar-refractivity contribution in [2.24, 2.45) is 5.10 Å². The van der Waals surface area contributed by atoms with Crippen LogP contribution in [0.25, 0.3) is 10.8 Å². The number of carbonyl (C=O) groups excluding carboxylic acids is 1. The molecule has 8 heteroatoms. The fourth-order valence-corrected chi connectivity index (χ4v) is 3.00. The molecule has 1 aromatic heterocycles. The van der Waals surface area contributed by atoms with Gasteiger partial charge in [0.15, 0.2) is 6.10 Å². The lowest BCUT2D eigenvalue weighted by Gasteiger charge is -2.14. The molecule has 3 rings (SSSR count). The molecule has 0 spiro atoms. The maximum absolute atomic E-state index is 12.1. The first-order valence-corrected chi connectivity index (χ1v) is 8.58. The van der Waals surface area contributed by atoms with Crippen LogP contribution >= 0.6 is 11.3 Å². The fourth-order valence-electron chi connectivity index (χ4n) is 2.30. The van der Waals surface area contributed by atoms with Gasteiger partial charge in [-0.15, -0.1) is 0 Å². The Morgan fingerprint density at radius 3 is 2.77 bits per heavy atom. The SMILES string of the molecule is CC(Oc1cccc2ccccc12)C(=O)N/N=C/c1ccc([N+](=O)[O-])s1. The van der Waals surface area contributed by atoms with Gasteiger partial charge < -0.3 is 4.74 Å². The number of amides is 1. The fraction of sp³-hybridized carbons (Fsp3) is 0.111. The first-order valence-electron chi connectivity index (χ1n) is 7.76. The van der Waals surface area contributed by atoms with Gasteiger partial charge in [-0.2, -0.15) is 5.10 Å². The van der Waals surface area contributed by atoms with E-state index >= 15 is 0 Å². The van der Waals surface area contributed by atoms with E-state index in [0.717, 1.165) is 22.1 Å². The molecule has 0 bridgehead atoms. The third kappa shape index (κ3) is 4.04. The smallest absolute Gasteiger partial charge is 0.324 e. The Balaban J connectivity index is 1.62. The molecule has 0 fully saturated rings. The molecule has 132 valence electrons. The molecule has 1 atom stereocenters. The Hall–Kier alpha value is -3.26. The van der Waals surface area contributed by atoms with Crippen LogP contribution in [0, 0.1) is 10.1 Å². The number of nitro groups is 1. The number of ether oxygens (including phenoxy) is 1. The largest absolute Gasteiger partial charge is 0.480 e. The average Bonchev–Trinajstić information content (AvgIpc) is 3.11. The van der Waals surface area contributed by atoms with Gasteiger partial charge in [0.05, 0.1) is 16.0 Å². The Bertz CT molecular complexity index is 978. The summed E-state index contributed by atoms with van der Waals surface area (Å²) < 4.78 is 5.76. The summed E-state index contributed by atoms with van der Waals surface area (Å²) in [7, 11) is 0. The number of carbonyl (C=O) groups is 1. The van der Waals surface area contributed by atoms with Crippen molar-refractivity contribution >= 4 is 39.2 Å². The summed E-state index contributed by atoms with van der Waals surface area (Å²) in [6, 6.07) is 16.3. The van der Waals surface area contributed by atoms with Crippen LogP contribution in [0.2, 0.25) is 0 Å². The summed E-state index contributed by atoms with van der Waals surface area (Å²) in [5.74, 6) is 0.198. The molecule has 1 unspecified atom stereocenters. The maximum Gasteiger partial charge on any atom is 0.324 e. The molecule has 0 saturated heterocycles. The zero-order valence-corrected chi connectivity index (χ0v) is 14.6. The van der Waals surface area contributed by atoms with Crippen LogP contribution in [0.5, 0.6) is 5.75 Å². The predicted octanol–water partition coefficient (Wildman–Crippen LogP) is 3.73. The van der Waals surface area contributed by atoms with Gasteiger partial charge in [0, 0.05) is 11.5 Å². The molecule has 1 heterocycles. The third-order valence-corrected chi connectivity index (χ3v) is 4.55.